The fourth-order valence-electron chi connectivity index (χ4n) is 1.93. The van der Waals surface area contributed by atoms with E-state index in [2.05, 4.69) is 4.74 Å². The van der Waals surface area contributed by atoms with Crippen molar-refractivity contribution in [1.29, 1.82) is 0 Å². The molecule has 0 aliphatic rings. The molecule has 2 rings (SSSR count). The predicted octanol–water partition coefficient (Wildman–Crippen LogP) is 2.63. The first kappa shape index (κ1) is 14.3. The van der Waals surface area contributed by atoms with Gasteiger partial charge in [0.1, 0.15) is 0 Å². The van der Waals surface area contributed by atoms with E-state index >= 15 is 0 Å². The molecule has 0 spiro atoms. The molecule has 20 heavy (non-hydrogen) atoms. The second-order valence-electron chi connectivity index (χ2n) is 4.36. The Labute approximate surface area is 121 Å². The van der Waals surface area contributed by atoms with E-state index in [4.69, 9.17) is 11.6 Å². The zero-order valence-electron chi connectivity index (χ0n) is 11.2. The van der Waals surface area contributed by atoms with Gasteiger partial charge in [-0.25, -0.2) is 0 Å². The maximum absolute atomic E-state index is 12.4. The van der Waals surface area contributed by atoms with Crippen LogP contribution >= 0.6 is 11.6 Å². The first-order valence-corrected chi connectivity index (χ1v) is 6.42. The van der Waals surface area contributed by atoms with Gasteiger partial charge in [0, 0.05) is 23.3 Å². The van der Waals surface area contributed by atoms with Gasteiger partial charge < -0.3 is 9.30 Å². The van der Waals surface area contributed by atoms with E-state index in [1.807, 2.05) is 0 Å². The number of carbonyl (C=O) groups excluding carboxylic acids is 2. The molecule has 0 unspecified atom stereocenters. The lowest BCUT2D eigenvalue weighted by molar-refractivity contribution is -0.139. The third-order valence-electron chi connectivity index (χ3n) is 3.12. The fraction of sp³-hybridized carbons (Fsp3) is 0.200. The van der Waals surface area contributed by atoms with Crippen LogP contribution in [0.3, 0.4) is 0 Å². The van der Waals surface area contributed by atoms with Crippen molar-refractivity contribution in [2.75, 3.05) is 7.11 Å². The Morgan fingerprint density at radius 1 is 1.15 bits per heavy atom. The minimum absolute atomic E-state index is 0.111. The third-order valence-corrected chi connectivity index (χ3v) is 3.37. The lowest BCUT2D eigenvalue weighted by Crippen LogP contribution is -2.12. The van der Waals surface area contributed by atoms with Gasteiger partial charge >= 0.3 is 5.97 Å². The minimum atomic E-state index is -0.336. The van der Waals surface area contributed by atoms with E-state index in [9.17, 15) is 9.59 Å². The maximum atomic E-state index is 12.4. The minimum Gasteiger partial charge on any atom is -0.469 e. The SMILES string of the molecule is COC(=O)Cc1ccc(C(=O)c2ccc(Cl)cc2)n1C. The number of carbonyl (C=O) groups is 2. The van der Waals surface area contributed by atoms with Crippen LogP contribution in [0.4, 0.5) is 0 Å². The molecular weight excluding hydrogens is 278 g/mol. The highest BCUT2D eigenvalue weighted by molar-refractivity contribution is 6.30. The van der Waals surface area contributed by atoms with Gasteiger partial charge in [-0.3, -0.25) is 9.59 Å². The number of hydrogen-bond donors (Lipinski definition) is 0. The topological polar surface area (TPSA) is 48.3 Å². The highest BCUT2D eigenvalue weighted by Gasteiger charge is 2.16. The lowest BCUT2D eigenvalue weighted by atomic mass is 10.1. The van der Waals surface area contributed by atoms with Crippen LogP contribution in [0.5, 0.6) is 0 Å². The van der Waals surface area contributed by atoms with Crippen molar-refractivity contribution in [3.63, 3.8) is 0 Å². The Kier molecular flexibility index (Phi) is 4.25. The summed E-state index contributed by atoms with van der Waals surface area (Å²) in [5.41, 5.74) is 1.81. The normalized spacial score (nSPS) is 10.3. The van der Waals surface area contributed by atoms with Crippen LogP contribution in [0, 0.1) is 0 Å². The largest absolute Gasteiger partial charge is 0.469 e. The molecule has 0 aliphatic heterocycles. The summed E-state index contributed by atoms with van der Waals surface area (Å²) in [5.74, 6) is -0.447. The summed E-state index contributed by atoms with van der Waals surface area (Å²) < 4.78 is 6.33. The van der Waals surface area contributed by atoms with Gasteiger partial charge in [0.2, 0.25) is 5.78 Å². The van der Waals surface area contributed by atoms with E-state index < -0.39 is 0 Å². The number of halogens is 1. The van der Waals surface area contributed by atoms with Gasteiger partial charge in [0.05, 0.1) is 19.2 Å². The van der Waals surface area contributed by atoms with Crippen LogP contribution in [-0.4, -0.2) is 23.4 Å². The van der Waals surface area contributed by atoms with E-state index in [0.29, 0.717) is 16.3 Å². The van der Waals surface area contributed by atoms with Crippen LogP contribution in [0.15, 0.2) is 36.4 Å². The Bertz CT molecular complexity index is 644. The molecule has 1 aromatic carbocycles. The molecule has 0 atom stereocenters. The molecule has 0 aliphatic carbocycles. The number of aromatic nitrogens is 1. The summed E-state index contributed by atoms with van der Waals surface area (Å²) in [6.45, 7) is 0. The fourth-order valence-corrected chi connectivity index (χ4v) is 2.05. The van der Waals surface area contributed by atoms with Crippen molar-refractivity contribution in [2.24, 2.45) is 7.05 Å². The summed E-state index contributed by atoms with van der Waals surface area (Å²) in [5, 5.41) is 0.583. The highest BCUT2D eigenvalue weighted by atomic mass is 35.5. The quantitative estimate of drug-likeness (QED) is 0.643. The predicted molar refractivity (Wildman–Crippen MR) is 76.0 cm³/mol. The Morgan fingerprint density at radius 2 is 1.80 bits per heavy atom. The molecule has 4 nitrogen and oxygen atoms in total. The Balaban J connectivity index is 2.27. The first-order valence-electron chi connectivity index (χ1n) is 6.04. The van der Waals surface area contributed by atoms with Crippen molar-refractivity contribution >= 4 is 23.4 Å². The Morgan fingerprint density at radius 3 is 2.40 bits per heavy atom. The van der Waals surface area contributed by atoms with E-state index in [1.165, 1.54) is 7.11 Å². The van der Waals surface area contributed by atoms with Crippen molar-refractivity contribution in [3.8, 4) is 0 Å². The summed E-state index contributed by atoms with van der Waals surface area (Å²) in [6, 6.07) is 10.2. The number of esters is 1. The van der Waals surface area contributed by atoms with Gasteiger partial charge in [-0.2, -0.15) is 0 Å². The average molecular weight is 292 g/mol. The van der Waals surface area contributed by atoms with Crippen LogP contribution in [0.25, 0.3) is 0 Å². The molecule has 5 heteroatoms. The number of methoxy groups -OCH3 is 1. The van der Waals surface area contributed by atoms with Gasteiger partial charge in [0.15, 0.2) is 0 Å². The van der Waals surface area contributed by atoms with E-state index in [0.717, 1.165) is 5.69 Å². The number of ether oxygens (including phenoxy) is 1. The molecule has 0 fully saturated rings. The van der Waals surface area contributed by atoms with Crippen LogP contribution in [0.2, 0.25) is 5.02 Å². The maximum Gasteiger partial charge on any atom is 0.311 e. The van der Waals surface area contributed by atoms with Crippen LogP contribution in [0.1, 0.15) is 21.7 Å². The number of rotatable bonds is 4. The number of ketones is 1. The number of benzene rings is 1. The number of hydrogen-bond acceptors (Lipinski definition) is 3. The van der Waals surface area contributed by atoms with E-state index in [-0.39, 0.29) is 18.2 Å². The molecule has 1 aromatic heterocycles. The monoisotopic (exact) mass is 291 g/mol. The summed E-state index contributed by atoms with van der Waals surface area (Å²) in [4.78, 5) is 23.7. The molecule has 0 bridgehead atoms. The summed E-state index contributed by atoms with van der Waals surface area (Å²) in [6.07, 6.45) is 0.140. The summed E-state index contributed by atoms with van der Waals surface area (Å²) in [7, 11) is 3.09. The molecule has 104 valence electrons. The summed E-state index contributed by atoms with van der Waals surface area (Å²) >= 11 is 5.80. The van der Waals surface area contributed by atoms with Crippen LogP contribution < -0.4 is 0 Å². The molecule has 1 heterocycles. The van der Waals surface area contributed by atoms with Gasteiger partial charge in [-0.1, -0.05) is 11.6 Å². The van der Waals surface area contributed by atoms with Gasteiger partial charge in [-0.15, -0.1) is 0 Å². The zero-order valence-corrected chi connectivity index (χ0v) is 12.0. The zero-order chi connectivity index (χ0) is 14.7. The van der Waals surface area contributed by atoms with E-state index in [1.54, 1.807) is 48.0 Å². The molecule has 0 saturated heterocycles. The molecule has 0 N–H and O–H groups in total. The second-order valence-corrected chi connectivity index (χ2v) is 4.79. The smallest absolute Gasteiger partial charge is 0.311 e. The van der Waals surface area contributed by atoms with Crippen molar-refractivity contribution in [2.45, 2.75) is 6.42 Å². The van der Waals surface area contributed by atoms with Gasteiger partial charge in [-0.05, 0) is 36.4 Å². The van der Waals surface area contributed by atoms with Crippen molar-refractivity contribution < 1.29 is 14.3 Å². The van der Waals surface area contributed by atoms with Crippen molar-refractivity contribution in [1.82, 2.24) is 4.57 Å². The Hall–Kier alpha value is -2.07. The number of nitrogens with zero attached hydrogens (tertiary/aromatic N) is 1. The average Bonchev–Trinajstić information content (AvgIpc) is 2.80. The first-order chi connectivity index (χ1) is 9.52. The van der Waals surface area contributed by atoms with Gasteiger partial charge in [0.25, 0.3) is 0 Å². The molecular formula is C15H14ClNO3. The molecule has 0 amide bonds. The standard InChI is InChI=1S/C15H14ClNO3/c1-17-12(9-14(18)20-2)7-8-13(17)15(19)10-3-5-11(16)6-4-10/h3-8H,9H2,1-2H3. The molecule has 2 aromatic rings. The third kappa shape index (κ3) is 2.91. The highest BCUT2D eigenvalue weighted by Crippen LogP contribution is 2.16. The van der Waals surface area contributed by atoms with Crippen molar-refractivity contribution in [3.05, 3.63) is 58.4 Å². The molecule has 0 saturated carbocycles. The molecule has 0 radical (unpaired) electrons. The lowest BCUT2D eigenvalue weighted by Gasteiger charge is -2.06. The second kappa shape index (κ2) is 5.92. The van der Waals surface area contributed by atoms with Crippen LogP contribution in [-0.2, 0) is 23.0 Å².